The monoisotopic (exact) mass is 191 g/mol. The van der Waals surface area contributed by atoms with Crippen LogP contribution in [0.5, 0.6) is 0 Å². The number of carbonyl (C=O) groups excluding carboxylic acids is 1. The lowest BCUT2D eigenvalue weighted by atomic mass is 10.1. The molecule has 0 N–H and O–H groups in total. The zero-order valence-corrected chi connectivity index (χ0v) is 7.88. The highest BCUT2D eigenvalue weighted by Gasteiger charge is 2.02. The number of hydrogen-bond acceptors (Lipinski definition) is 3. The molecule has 13 heavy (non-hydrogen) atoms. The lowest BCUT2D eigenvalue weighted by Gasteiger charge is -1.96. The van der Waals surface area contributed by atoms with Gasteiger partial charge in [-0.1, -0.05) is 30.3 Å². The zero-order valence-electron chi connectivity index (χ0n) is 7.06. The van der Waals surface area contributed by atoms with Crippen molar-refractivity contribution in [1.29, 1.82) is 0 Å². The number of Topliss-reactive ketones (excluding diaryl/α,β-unsaturated/α-hetero) is 1. The third-order valence-electron chi connectivity index (χ3n) is 1.61. The van der Waals surface area contributed by atoms with Crippen molar-refractivity contribution in [1.82, 2.24) is 0 Å². The minimum atomic E-state index is 0.0922. The number of aliphatic imine (C=N–C) groups is 1. The highest BCUT2D eigenvalue weighted by Crippen LogP contribution is 2.02. The summed E-state index contributed by atoms with van der Waals surface area (Å²) in [5.41, 5.74) is 0.724. The summed E-state index contributed by atoms with van der Waals surface area (Å²) < 4.78 is 0. The molecule has 1 aromatic carbocycles. The lowest BCUT2D eigenvalue weighted by Crippen LogP contribution is -2.00. The van der Waals surface area contributed by atoms with Crippen LogP contribution in [0.15, 0.2) is 35.3 Å². The van der Waals surface area contributed by atoms with Gasteiger partial charge < -0.3 is 0 Å². The van der Waals surface area contributed by atoms with Gasteiger partial charge in [0.25, 0.3) is 0 Å². The summed E-state index contributed by atoms with van der Waals surface area (Å²) in [6.45, 7) is 0.428. The SMILES string of the molecule is O=C(CCN=C=S)c1ccccc1. The molecule has 3 heteroatoms. The Morgan fingerprint density at radius 1 is 1.38 bits per heavy atom. The van der Waals surface area contributed by atoms with Crippen LogP contribution in [-0.2, 0) is 0 Å². The highest BCUT2D eigenvalue weighted by atomic mass is 32.1. The first-order chi connectivity index (χ1) is 6.34. The zero-order chi connectivity index (χ0) is 9.52. The van der Waals surface area contributed by atoms with Crippen LogP contribution in [-0.4, -0.2) is 17.5 Å². The van der Waals surface area contributed by atoms with E-state index < -0.39 is 0 Å². The van der Waals surface area contributed by atoms with Crippen LogP contribution in [0, 0.1) is 0 Å². The first kappa shape index (κ1) is 9.78. The Labute approximate surface area is 82.3 Å². The van der Waals surface area contributed by atoms with Gasteiger partial charge in [-0.2, -0.15) is 0 Å². The number of nitrogens with zero attached hydrogens (tertiary/aromatic N) is 1. The molecule has 0 unspecified atom stereocenters. The summed E-state index contributed by atoms with van der Waals surface area (Å²) in [6.07, 6.45) is 0.396. The number of hydrogen-bond donors (Lipinski definition) is 0. The van der Waals surface area contributed by atoms with Gasteiger partial charge in [0.05, 0.1) is 11.7 Å². The largest absolute Gasteiger partial charge is 0.294 e. The second-order valence-corrected chi connectivity index (χ2v) is 2.69. The van der Waals surface area contributed by atoms with Crippen LogP contribution in [0.4, 0.5) is 0 Å². The van der Waals surface area contributed by atoms with Crippen molar-refractivity contribution in [3.8, 4) is 0 Å². The second-order valence-electron chi connectivity index (χ2n) is 2.51. The molecule has 2 nitrogen and oxygen atoms in total. The van der Waals surface area contributed by atoms with Crippen molar-refractivity contribution in [3.63, 3.8) is 0 Å². The summed E-state index contributed by atoms with van der Waals surface area (Å²) in [5, 5.41) is 2.23. The number of benzene rings is 1. The van der Waals surface area contributed by atoms with Crippen LogP contribution < -0.4 is 0 Å². The molecule has 66 valence electrons. The van der Waals surface area contributed by atoms with Gasteiger partial charge in [0.15, 0.2) is 5.78 Å². The predicted molar refractivity (Wildman–Crippen MR) is 55.3 cm³/mol. The summed E-state index contributed by atoms with van der Waals surface area (Å²) in [4.78, 5) is 15.1. The molecule has 0 aromatic heterocycles. The van der Waals surface area contributed by atoms with E-state index in [1.165, 1.54) is 0 Å². The maximum atomic E-state index is 11.4. The van der Waals surface area contributed by atoms with Crippen LogP contribution in [0.1, 0.15) is 16.8 Å². The molecule has 0 aliphatic heterocycles. The normalized spacial score (nSPS) is 8.92. The molecule has 0 aliphatic carbocycles. The van der Waals surface area contributed by atoms with Crippen LogP contribution in [0.2, 0.25) is 0 Å². The quantitative estimate of drug-likeness (QED) is 0.415. The van der Waals surface area contributed by atoms with E-state index in [1.807, 2.05) is 18.2 Å². The Balaban J connectivity index is 2.54. The van der Waals surface area contributed by atoms with E-state index in [9.17, 15) is 4.79 Å². The van der Waals surface area contributed by atoms with Gasteiger partial charge in [-0.15, -0.1) is 0 Å². The van der Waals surface area contributed by atoms with Crippen molar-refractivity contribution in [2.45, 2.75) is 6.42 Å². The van der Waals surface area contributed by atoms with Gasteiger partial charge in [-0.05, 0) is 12.2 Å². The van der Waals surface area contributed by atoms with E-state index in [4.69, 9.17) is 0 Å². The van der Waals surface area contributed by atoms with E-state index in [0.29, 0.717) is 13.0 Å². The fraction of sp³-hybridized carbons (Fsp3) is 0.200. The number of thiocarbonyl (C=S) groups is 1. The van der Waals surface area contributed by atoms with Crippen molar-refractivity contribution < 1.29 is 4.79 Å². The third-order valence-corrected chi connectivity index (χ3v) is 1.74. The van der Waals surface area contributed by atoms with E-state index in [1.54, 1.807) is 12.1 Å². The van der Waals surface area contributed by atoms with E-state index in [0.717, 1.165) is 5.56 Å². The van der Waals surface area contributed by atoms with Crippen molar-refractivity contribution in [3.05, 3.63) is 35.9 Å². The molecule has 0 bridgehead atoms. The molecule has 1 aromatic rings. The maximum absolute atomic E-state index is 11.4. The van der Waals surface area contributed by atoms with Gasteiger partial charge in [-0.25, -0.2) is 4.99 Å². The predicted octanol–water partition coefficient (Wildman–Crippen LogP) is 2.36. The molecule has 0 radical (unpaired) electrons. The standard InChI is InChI=1S/C10H9NOS/c12-10(6-7-11-8-13)9-4-2-1-3-5-9/h1-5H,6-7H2. The highest BCUT2D eigenvalue weighted by molar-refractivity contribution is 7.78. The fourth-order valence-electron chi connectivity index (χ4n) is 0.971. The molecule has 0 fully saturated rings. The molecule has 1 rings (SSSR count). The number of isothiocyanates is 1. The van der Waals surface area contributed by atoms with E-state index in [-0.39, 0.29) is 5.78 Å². The van der Waals surface area contributed by atoms with Gasteiger partial charge in [0.1, 0.15) is 0 Å². The van der Waals surface area contributed by atoms with Crippen LogP contribution in [0.3, 0.4) is 0 Å². The number of carbonyl (C=O) groups is 1. The molecule has 0 amide bonds. The Morgan fingerprint density at radius 3 is 2.69 bits per heavy atom. The molecular formula is C10H9NOS. The first-order valence-corrected chi connectivity index (χ1v) is 4.37. The molecule has 0 heterocycles. The number of ketones is 1. The van der Waals surface area contributed by atoms with Gasteiger partial charge in [-0.3, -0.25) is 4.79 Å². The Morgan fingerprint density at radius 2 is 2.08 bits per heavy atom. The maximum Gasteiger partial charge on any atom is 0.164 e. The van der Waals surface area contributed by atoms with Gasteiger partial charge >= 0.3 is 0 Å². The van der Waals surface area contributed by atoms with Crippen molar-refractivity contribution >= 4 is 23.2 Å². The minimum Gasteiger partial charge on any atom is -0.294 e. The second kappa shape index (κ2) is 5.36. The molecular weight excluding hydrogens is 182 g/mol. The summed E-state index contributed by atoms with van der Waals surface area (Å²) in [7, 11) is 0. The lowest BCUT2D eigenvalue weighted by molar-refractivity contribution is 0.0985. The number of rotatable bonds is 4. The summed E-state index contributed by atoms with van der Waals surface area (Å²) in [6, 6.07) is 9.16. The Hall–Kier alpha value is -1.31. The summed E-state index contributed by atoms with van der Waals surface area (Å²) >= 11 is 4.39. The van der Waals surface area contributed by atoms with Crippen molar-refractivity contribution in [2.75, 3.05) is 6.54 Å². The van der Waals surface area contributed by atoms with E-state index in [2.05, 4.69) is 22.4 Å². The van der Waals surface area contributed by atoms with Crippen LogP contribution >= 0.6 is 12.2 Å². The van der Waals surface area contributed by atoms with Gasteiger partial charge in [0.2, 0.25) is 0 Å². The fourth-order valence-corrected chi connectivity index (χ4v) is 1.06. The molecule has 0 aliphatic rings. The molecule has 0 saturated carbocycles. The van der Waals surface area contributed by atoms with Gasteiger partial charge in [0, 0.05) is 12.0 Å². The molecule has 0 atom stereocenters. The third kappa shape index (κ3) is 3.28. The minimum absolute atomic E-state index is 0.0922. The average molecular weight is 191 g/mol. The van der Waals surface area contributed by atoms with Crippen molar-refractivity contribution in [2.24, 2.45) is 4.99 Å². The molecule has 0 saturated heterocycles. The Kier molecular flexibility index (Phi) is 4.03. The molecule has 0 spiro atoms. The summed E-state index contributed by atoms with van der Waals surface area (Å²) in [5.74, 6) is 0.0922. The topological polar surface area (TPSA) is 29.4 Å². The first-order valence-electron chi connectivity index (χ1n) is 3.96. The smallest absolute Gasteiger partial charge is 0.164 e. The van der Waals surface area contributed by atoms with Crippen LogP contribution in [0.25, 0.3) is 0 Å². The van der Waals surface area contributed by atoms with E-state index >= 15 is 0 Å². The average Bonchev–Trinajstić information content (AvgIpc) is 2.19. The Bertz CT molecular complexity index is 328.